The number of methoxy groups -OCH3 is 1. The highest BCUT2D eigenvalue weighted by Crippen LogP contribution is 2.42. The Morgan fingerprint density at radius 3 is 2.55 bits per heavy atom. The third-order valence-electron chi connectivity index (χ3n) is 5.83. The van der Waals surface area contributed by atoms with Gasteiger partial charge in [0.2, 0.25) is 5.88 Å². The molecule has 0 fully saturated rings. The highest BCUT2D eigenvalue weighted by molar-refractivity contribution is 7.15. The van der Waals surface area contributed by atoms with Crippen molar-refractivity contribution in [3.8, 4) is 28.0 Å². The third-order valence-corrected chi connectivity index (χ3v) is 6.98. The van der Waals surface area contributed by atoms with Crippen LogP contribution in [0.5, 0.6) is 5.88 Å². The summed E-state index contributed by atoms with van der Waals surface area (Å²) in [5.74, 6) is 1.12. The normalized spacial score (nSPS) is 16.0. The molecule has 0 saturated carbocycles. The maximum atomic E-state index is 13.0. The zero-order chi connectivity index (χ0) is 23.2. The molecule has 3 heterocycles. The third kappa shape index (κ3) is 4.13. The van der Waals surface area contributed by atoms with Gasteiger partial charge in [0.25, 0.3) is 0 Å². The van der Waals surface area contributed by atoms with Crippen LogP contribution in [0.15, 0.2) is 42.6 Å². The van der Waals surface area contributed by atoms with Crippen LogP contribution in [0, 0.1) is 6.92 Å². The van der Waals surface area contributed by atoms with Gasteiger partial charge in [0, 0.05) is 22.7 Å². The van der Waals surface area contributed by atoms with E-state index < -0.39 is 11.7 Å². The maximum Gasteiger partial charge on any atom is 0.416 e. The van der Waals surface area contributed by atoms with E-state index in [4.69, 9.17) is 9.72 Å². The number of H-pyrrole nitrogens is 1. The maximum absolute atomic E-state index is 13.0. The van der Waals surface area contributed by atoms with Crippen LogP contribution >= 0.6 is 11.3 Å². The summed E-state index contributed by atoms with van der Waals surface area (Å²) >= 11 is 1.59. The molecule has 4 aromatic rings. The predicted octanol–water partition coefficient (Wildman–Crippen LogP) is 6.40. The summed E-state index contributed by atoms with van der Waals surface area (Å²) in [5, 5.41) is 0.777. The second-order valence-corrected chi connectivity index (χ2v) is 9.14. The van der Waals surface area contributed by atoms with Crippen molar-refractivity contribution in [3.63, 3.8) is 0 Å². The van der Waals surface area contributed by atoms with E-state index in [2.05, 4.69) is 15.0 Å². The molecule has 1 aliphatic carbocycles. The predicted molar refractivity (Wildman–Crippen MR) is 120 cm³/mol. The smallest absolute Gasteiger partial charge is 0.416 e. The number of imidazole rings is 1. The first-order chi connectivity index (χ1) is 15.8. The van der Waals surface area contributed by atoms with Gasteiger partial charge in [-0.15, -0.1) is 11.3 Å². The number of pyridine rings is 1. The summed E-state index contributed by atoms with van der Waals surface area (Å²) in [5.41, 5.74) is 3.56. The molecule has 5 rings (SSSR count). The molecule has 1 aromatic carbocycles. The second-order valence-electron chi connectivity index (χ2n) is 8.06. The summed E-state index contributed by atoms with van der Waals surface area (Å²) in [7, 11) is 1.57. The van der Waals surface area contributed by atoms with Crippen LogP contribution in [-0.4, -0.2) is 27.0 Å². The number of benzene rings is 1. The molecule has 170 valence electrons. The van der Waals surface area contributed by atoms with Crippen molar-refractivity contribution >= 4 is 11.3 Å². The molecule has 1 atom stereocenters. The SMILES string of the molecule is COc1nc(-c2nc3c(s2)CCCC3c2ccc(C(F)(F)F)cc2)ccc1-c1ncc(C)[nH]1. The minimum Gasteiger partial charge on any atom is -0.480 e. The molecule has 3 aromatic heterocycles. The largest absolute Gasteiger partial charge is 0.480 e. The molecule has 0 amide bonds. The molecule has 1 N–H and O–H groups in total. The summed E-state index contributed by atoms with van der Waals surface area (Å²) in [6.07, 6.45) is 0.141. The van der Waals surface area contributed by atoms with Gasteiger partial charge in [-0.25, -0.2) is 15.0 Å². The van der Waals surface area contributed by atoms with Crippen molar-refractivity contribution < 1.29 is 17.9 Å². The second kappa shape index (κ2) is 8.30. The Labute approximate surface area is 192 Å². The topological polar surface area (TPSA) is 63.7 Å². The van der Waals surface area contributed by atoms with Gasteiger partial charge in [-0.1, -0.05) is 12.1 Å². The van der Waals surface area contributed by atoms with Crippen molar-refractivity contribution in [1.29, 1.82) is 0 Å². The van der Waals surface area contributed by atoms with Crippen molar-refractivity contribution in [1.82, 2.24) is 19.9 Å². The van der Waals surface area contributed by atoms with E-state index >= 15 is 0 Å². The highest BCUT2D eigenvalue weighted by atomic mass is 32.1. The fourth-order valence-electron chi connectivity index (χ4n) is 4.20. The van der Waals surface area contributed by atoms with E-state index in [1.165, 1.54) is 0 Å². The first-order valence-corrected chi connectivity index (χ1v) is 11.4. The number of alkyl halides is 3. The van der Waals surface area contributed by atoms with Crippen LogP contribution in [0.1, 0.15) is 46.2 Å². The van der Waals surface area contributed by atoms with Crippen molar-refractivity contribution in [2.24, 2.45) is 0 Å². The summed E-state index contributed by atoms with van der Waals surface area (Å²) in [6, 6.07) is 9.25. The zero-order valence-corrected chi connectivity index (χ0v) is 18.8. The molecule has 33 heavy (non-hydrogen) atoms. The lowest BCUT2D eigenvalue weighted by molar-refractivity contribution is -0.137. The summed E-state index contributed by atoms with van der Waals surface area (Å²) in [4.78, 5) is 18.3. The Balaban J connectivity index is 1.48. The van der Waals surface area contributed by atoms with E-state index in [1.807, 2.05) is 19.1 Å². The van der Waals surface area contributed by atoms with Crippen LogP contribution in [0.3, 0.4) is 0 Å². The number of aromatic amines is 1. The number of halogens is 3. The van der Waals surface area contributed by atoms with E-state index in [0.717, 1.165) is 63.8 Å². The molecule has 0 radical (unpaired) electrons. The average molecular weight is 471 g/mol. The van der Waals surface area contributed by atoms with E-state index in [9.17, 15) is 13.2 Å². The minimum absolute atomic E-state index is 0.0201. The quantitative estimate of drug-likeness (QED) is 0.375. The molecule has 5 nitrogen and oxygen atoms in total. The van der Waals surface area contributed by atoms with Crippen LogP contribution in [0.2, 0.25) is 0 Å². The van der Waals surface area contributed by atoms with Gasteiger partial charge in [0.05, 0.1) is 23.9 Å². The van der Waals surface area contributed by atoms with E-state index in [1.54, 1.807) is 36.8 Å². The number of aryl methyl sites for hydroxylation is 2. The molecule has 1 unspecified atom stereocenters. The van der Waals surface area contributed by atoms with Crippen LogP contribution < -0.4 is 4.74 Å². The first kappa shape index (κ1) is 21.6. The standard InChI is InChI=1S/C24H21F3N4OS/c1-13-12-28-21(29-13)17-10-11-18(30-22(17)32-2)23-31-20-16(4-3-5-19(20)33-23)14-6-8-15(9-7-14)24(25,26)27/h6-12,16H,3-5H2,1-2H3,(H,28,29). The average Bonchev–Trinajstić information content (AvgIpc) is 3.44. The lowest BCUT2D eigenvalue weighted by Gasteiger charge is -2.22. The van der Waals surface area contributed by atoms with Gasteiger partial charge < -0.3 is 9.72 Å². The molecule has 0 aliphatic heterocycles. The van der Waals surface area contributed by atoms with Crippen molar-refractivity contribution in [2.75, 3.05) is 7.11 Å². The minimum atomic E-state index is -4.34. The van der Waals surface area contributed by atoms with Gasteiger partial charge in [-0.05, 0) is 56.0 Å². The molecular weight excluding hydrogens is 449 g/mol. The molecular formula is C24H21F3N4OS. The van der Waals surface area contributed by atoms with Crippen LogP contribution in [0.4, 0.5) is 13.2 Å². The van der Waals surface area contributed by atoms with Crippen LogP contribution in [0.25, 0.3) is 22.1 Å². The number of hydrogen-bond donors (Lipinski definition) is 1. The molecule has 0 saturated heterocycles. The number of rotatable bonds is 4. The summed E-state index contributed by atoms with van der Waals surface area (Å²) < 4.78 is 44.4. The number of nitrogens with one attached hydrogen (secondary N) is 1. The van der Waals surface area contributed by atoms with Gasteiger partial charge >= 0.3 is 6.18 Å². The number of aromatic nitrogens is 4. The Kier molecular flexibility index (Phi) is 5.44. The van der Waals surface area contributed by atoms with Gasteiger partial charge in [-0.3, -0.25) is 0 Å². The number of fused-ring (bicyclic) bond motifs is 1. The van der Waals surface area contributed by atoms with Crippen molar-refractivity contribution in [2.45, 2.75) is 38.3 Å². The Morgan fingerprint density at radius 2 is 1.88 bits per heavy atom. The number of thiazole rings is 1. The number of ether oxygens (including phenoxy) is 1. The lowest BCUT2D eigenvalue weighted by atomic mass is 9.85. The first-order valence-electron chi connectivity index (χ1n) is 10.6. The van der Waals surface area contributed by atoms with Gasteiger partial charge in [-0.2, -0.15) is 13.2 Å². The van der Waals surface area contributed by atoms with Gasteiger partial charge in [0.15, 0.2) is 0 Å². The lowest BCUT2D eigenvalue weighted by Crippen LogP contribution is -2.11. The number of nitrogens with zero attached hydrogens (tertiary/aromatic N) is 3. The fourth-order valence-corrected chi connectivity index (χ4v) is 5.34. The Hall–Kier alpha value is -3.20. The highest BCUT2D eigenvalue weighted by Gasteiger charge is 2.31. The molecule has 0 bridgehead atoms. The van der Waals surface area contributed by atoms with Gasteiger partial charge in [0.1, 0.15) is 16.5 Å². The van der Waals surface area contributed by atoms with Crippen LogP contribution in [-0.2, 0) is 12.6 Å². The summed E-state index contributed by atoms with van der Waals surface area (Å²) in [6.45, 7) is 1.93. The number of hydrogen-bond acceptors (Lipinski definition) is 5. The molecule has 9 heteroatoms. The molecule has 1 aliphatic rings. The Bertz CT molecular complexity index is 1290. The van der Waals surface area contributed by atoms with E-state index in [-0.39, 0.29) is 5.92 Å². The van der Waals surface area contributed by atoms with Crippen molar-refractivity contribution in [3.05, 3.63) is 70.0 Å². The zero-order valence-electron chi connectivity index (χ0n) is 18.0. The van der Waals surface area contributed by atoms with E-state index in [0.29, 0.717) is 17.4 Å². The monoisotopic (exact) mass is 470 g/mol. The molecule has 0 spiro atoms. The Morgan fingerprint density at radius 1 is 1.09 bits per heavy atom. The fraction of sp³-hybridized carbons (Fsp3) is 0.292.